The van der Waals surface area contributed by atoms with Crippen molar-refractivity contribution < 1.29 is 4.79 Å². The fourth-order valence-electron chi connectivity index (χ4n) is 1.48. The highest BCUT2D eigenvalue weighted by Crippen LogP contribution is 2.17. The normalized spacial score (nSPS) is 12.5. The van der Waals surface area contributed by atoms with Gasteiger partial charge < -0.3 is 5.73 Å². The van der Waals surface area contributed by atoms with Crippen LogP contribution in [0.1, 0.15) is 30.1 Å². The van der Waals surface area contributed by atoms with Crippen LogP contribution >= 0.6 is 11.6 Å². The Morgan fingerprint density at radius 1 is 1.53 bits per heavy atom. The number of Topliss-reactive ketones (excluding diaryl/α,β-unsaturated/α-hetero) is 1. The average molecular weight is 226 g/mol. The predicted molar refractivity (Wildman–Crippen MR) is 63.2 cm³/mol. The summed E-state index contributed by atoms with van der Waals surface area (Å²) in [7, 11) is 0. The molecule has 0 spiro atoms. The Balaban J connectivity index is 2.67. The molecule has 0 heterocycles. The molecule has 0 aliphatic carbocycles. The number of halogens is 1. The maximum absolute atomic E-state index is 11.9. The Kier molecular flexibility index (Phi) is 4.79. The predicted octanol–water partition coefficient (Wildman–Crippen LogP) is 2.90. The number of hydrogen-bond acceptors (Lipinski definition) is 2. The summed E-state index contributed by atoms with van der Waals surface area (Å²) in [6.07, 6.45) is 1.72. The van der Waals surface area contributed by atoms with Crippen LogP contribution in [0.4, 0.5) is 0 Å². The molecular weight excluding hydrogens is 210 g/mol. The van der Waals surface area contributed by atoms with Crippen molar-refractivity contribution in [3.8, 4) is 0 Å². The Bertz CT molecular complexity index is 338. The van der Waals surface area contributed by atoms with E-state index in [-0.39, 0.29) is 11.7 Å². The van der Waals surface area contributed by atoms with Gasteiger partial charge in [-0.25, -0.2) is 0 Å². The molecule has 3 heteroatoms. The van der Waals surface area contributed by atoms with Crippen LogP contribution in [-0.4, -0.2) is 12.3 Å². The fraction of sp³-hybridized carbons (Fsp3) is 0.417. The number of carbonyl (C=O) groups excluding carboxylic acids is 1. The standard InChI is InChI=1S/C12H16ClNO/c1-9(4-3-7-14)12(15)10-5-2-6-11(13)8-10/h2,5-6,8-9H,3-4,7,14H2,1H3. The van der Waals surface area contributed by atoms with E-state index in [1.54, 1.807) is 24.3 Å². The number of ketones is 1. The van der Waals surface area contributed by atoms with E-state index in [1.807, 2.05) is 6.92 Å². The molecule has 0 aliphatic rings. The number of carbonyl (C=O) groups is 1. The molecule has 0 bridgehead atoms. The Morgan fingerprint density at radius 2 is 2.27 bits per heavy atom. The molecule has 15 heavy (non-hydrogen) atoms. The van der Waals surface area contributed by atoms with Crippen LogP contribution in [0.3, 0.4) is 0 Å². The highest BCUT2D eigenvalue weighted by atomic mass is 35.5. The van der Waals surface area contributed by atoms with E-state index in [2.05, 4.69) is 0 Å². The molecule has 2 N–H and O–H groups in total. The molecule has 0 aliphatic heterocycles. The largest absolute Gasteiger partial charge is 0.330 e. The SMILES string of the molecule is CC(CCCN)C(=O)c1cccc(Cl)c1. The van der Waals surface area contributed by atoms with E-state index in [1.165, 1.54) is 0 Å². The van der Waals surface area contributed by atoms with Crippen LogP contribution < -0.4 is 5.73 Å². The van der Waals surface area contributed by atoms with Crippen molar-refractivity contribution in [1.29, 1.82) is 0 Å². The highest BCUT2D eigenvalue weighted by Gasteiger charge is 2.14. The van der Waals surface area contributed by atoms with Gasteiger partial charge in [-0.3, -0.25) is 4.79 Å². The summed E-state index contributed by atoms with van der Waals surface area (Å²) in [5, 5.41) is 0.604. The average Bonchev–Trinajstić information content (AvgIpc) is 2.24. The topological polar surface area (TPSA) is 43.1 Å². The van der Waals surface area contributed by atoms with Gasteiger partial charge in [0.25, 0.3) is 0 Å². The minimum atomic E-state index is 0.0204. The van der Waals surface area contributed by atoms with Gasteiger partial charge in [-0.2, -0.15) is 0 Å². The summed E-state index contributed by atoms with van der Waals surface area (Å²) in [5.41, 5.74) is 6.09. The quantitative estimate of drug-likeness (QED) is 0.783. The molecule has 1 aromatic rings. The third-order valence-corrected chi connectivity index (χ3v) is 2.63. The lowest BCUT2D eigenvalue weighted by Gasteiger charge is -2.09. The second kappa shape index (κ2) is 5.89. The molecule has 1 rings (SSSR count). The van der Waals surface area contributed by atoms with Gasteiger partial charge in [0.15, 0.2) is 5.78 Å². The summed E-state index contributed by atoms with van der Waals surface area (Å²) in [6.45, 7) is 2.56. The molecule has 0 radical (unpaired) electrons. The molecule has 1 unspecified atom stereocenters. The maximum Gasteiger partial charge on any atom is 0.165 e. The van der Waals surface area contributed by atoms with E-state index < -0.39 is 0 Å². The molecule has 0 saturated heterocycles. The molecule has 0 fully saturated rings. The van der Waals surface area contributed by atoms with Crippen molar-refractivity contribution in [2.45, 2.75) is 19.8 Å². The van der Waals surface area contributed by atoms with Crippen molar-refractivity contribution in [1.82, 2.24) is 0 Å². The minimum Gasteiger partial charge on any atom is -0.330 e. The Morgan fingerprint density at radius 3 is 2.87 bits per heavy atom. The first-order chi connectivity index (χ1) is 7.15. The van der Waals surface area contributed by atoms with Crippen molar-refractivity contribution in [3.05, 3.63) is 34.9 Å². The molecule has 0 saturated carbocycles. The first kappa shape index (κ1) is 12.2. The number of rotatable bonds is 5. The summed E-state index contributed by atoms with van der Waals surface area (Å²) < 4.78 is 0. The first-order valence-electron chi connectivity index (χ1n) is 5.15. The van der Waals surface area contributed by atoms with Gasteiger partial charge in [0.05, 0.1) is 0 Å². The third-order valence-electron chi connectivity index (χ3n) is 2.40. The minimum absolute atomic E-state index is 0.0204. The zero-order chi connectivity index (χ0) is 11.3. The van der Waals surface area contributed by atoms with Crippen LogP contribution in [0, 0.1) is 5.92 Å². The van der Waals surface area contributed by atoms with Crippen LogP contribution in [0.25, 0.3) is 0 Å². The van der Waals surface area contributed by atoms with Gasteiger partial charge in [0.1, 0.15) is 0 Å². The fourth-order valence-corrected chi connectivity index (χ4v) is 1.67. The number of nitrogens with two attached hydrogens (primary N) is 1. The van der Waals surface area contributed by atoms with Crippen LogP contribution in [-0.2, 0) is 0 Å². The second-order valence-corrected chi connectivity index (χ2v) is 4.14. The van der Waals surface area contributed by atoms with Gasteiger partial charge in [-0.1, -0.05) is 30.7 Å². The molecule has 82 valence electrons. The van der Waals surface area contributed by atoms with Crippen molar-refractivity contribution in [3.63, 3.8) is 0 Å². The number of benzene rings is 1. The van der Waals surface area contributed by atoms with E-state index in [4.69, 9.17) is 17.3 Å². The lowest BCUT2D eigenvalue weighted by molar-refractivity contribution is 0.0923. The second-order valence-electron chi connectivity index (χ2n) is 3.71. The van der Waals surface area contributed by atoms with Crippen molar-refractivity contribution >= 4 is 17.4 Å². The van der Waals surface area contributed by atoms with Gasteiger partial charge in [-0.05, 0) is 31.5 Å². The molecule has 1 aromatic carbocycles. The van der Waals surface area contributed by atoms with E-state index in [0.29, 0.717) is 17.1 Å². The summed E-state index contributed by atoms with van der Waals surface area (Å²) in [5.74, 6) is 0.165. The summed E-state index contributed by atoms with van der Waals surface area (Å²) >= 11 is 5.83. The van der Waals surface area contributed by atoms with Gasteiger partial charge in [-0.15, -0.1) is 0 Å². The van der Waals surface area contributed by atoms with Gasteiger partial charge in [0, 0.05) is 16.5 Å². The lowest BCUT2D eigenvalue weighted by atomic mass is 9.95. The molecule has 0 amide bonds. The van der Waals surface area contributed by atoms with Crippen LogP contribution in [0.15, 0.2) is 24.3 Å². The van der Waals surface area contributed by atoms with Crippen LogP contribution in [0.5, 0.6) is 0 Å². The zero-order valence-corrected chi connectivity index (χ0v) is 9.63. The molecule has 2 nitrogen and oxygen atoms in total. The smallest absolute Gasteiger partial charge is 0.165 e. The molecule has 1 atom stereocenters. The maximum atomic E-state index is 11.9. The molecular formula is C12H16ClNO. The van der Waals surface area contributed by atoms with E-state index >= 15 is 0 Å². The summed E-state index contributed by atoms with van der Waals surface area (Å²) in [4.78, 5) is 11.9. The van der Waals surface area contributed by atoms with Crippen LogP contribution in [0.2, 0.25) is 5.02 Å². The third kappa shape index (κ3) is 3.65. The summed E-state index contributed by atoms with van der Waals surface area (Å²) in [6, 6.07) is 7.07. The van der Waals surface area contributed by atoms with Gasteiger partial charge in [0.2, 0.25) is 0 Å². The monoisotopic (exact) mass is 225 g/mol. The Labute approximate surface area is 95.4 Å². The molecule has 0 aromatic heterocycles. The zero-order valence-electron chi connectivity index (χ0n) is 8.87. The van der Waals surface area contributed by atoms with E-state index in [9.17, 15) is 4.79 Å². The highest BCUT2D eigenvalue weighted by molar-refractivity contribution is 6.31. The van der Waals surface area contributed by atoms with E-state index in [0.717, 1.165) is 12.8 Å². The lowest BCUT2D eigenvalue weighted by Crippen LogP contribution is -2.13. The number of hydrogen-bond donors (Lipinski definition) is 1. The van der Waals surface area contributed by atoms with Crippen molar-refractivity contribution in [2.75, 3.05) is 6.54 Å². The van der Waals surface area contributed by atoms with Gasteiger partial charge >= 0.3 is 0 Å². The Hall–Kier alpha value is -0.860. The first-order valence-corrected chi connectivity index (χ1v) is 5.52. The van der Waals surface area contributed by atoms with Crippen molar-refractivity contribution in [2.24, 2.45) is 11.7 Å².